The highest BCUT2D eigenvalue weighted by Gasteiger charge is 2.54. The number of hydrogen-bond donors (Lipinski definition) is 3. The molecule has 3 N–H and O–H groups in total. The molecule has 1 saturated heterocycles. The zero-order valence-corrected chi connectivity index (χ0v) is 27.9. The minimum Gasteiger partial charge on any atom is -0.483 e. The lowest BCUT2D eigenvalue weighted by atomic mass is 10.0. The molecule has 1 aromatic heterocycles. The number of esters is 1. The molecular formula is C33H29N7O8S2. The number of amides is 3. The number of aromatic nitrogens is 4. The van der Waals surface area contributed by atoms with Crippen molar-refractivity contribution in [1.29, 1.82) is 0 Å². The van der Waals surface area contributed by atoms with Crippen molar-refractivity contribution in [3.8, 4) is 11.5 Å². The third-order valence-corrected chi connectivity index (χ3v) is 10.1. The largest absolute Gasteiger partial charge is 0.483 e. The summed E-state index contributed by atoms with van der Waals surface area (Å²) in [7, 11) is 1.66. The number of nitrogens with one attached hydrogen (secondary N) is 2. The summed E-state index contributed by atoms with van der Waals surface area (Å²) in [5, 5.41) is 26.4. The van der Waals surface area contributed by atoms with Gasteiger partial charge >= 0.3 is 11.9 Å². The summed E-state index contributed by atoms with van der Waals surface area (Å²) >= 11 is 2.57. The van der Waals surface area contributed by atoms with Crippen molar-refractivity contribution < 1.29 is 38.6 Å². The minimum atomic E-state index is -1.26. The summed E-state index contributed by atoms with van der Waals surface area (Å²) in [6, 6.07) is 21.0. The standard InChI is InChI=1S/C33H29N7O8S2/c1-39-33(36-37-38-39)50-18-20-17-49-30-26(29(43)40(30)27(20)31(44)45)35-28(42)25(19-10-4-2-5-11-19)34-24(41)16-47-23-15-9-8-14-22(23)32(46)48-21-12-6-3-7-13-21/h2-15,25-26,30H,16-18H2,1H3,(H,34,41)(H,35,42)(H,44,45)/t25-,26?,30-/m0/s1. The van der Waals surface area contributed by atoms with Crippen LogP contribution in [-0.2, 0) is 26.2 Å². The Morgan fingerprint density at radius 1 is 1.02 bits per heavy atom. The molecule has 0 radical (unpaired) electrons. The zero-order valence-electron chi connectivity index (χ0n) is 26.3. The van der Waals surface area contributed by atoms with Crippen LogP contribution in [0, 0.1) is 0 Å². The fourth-order valence-electron chi connectivity index (χ4n) is 5.23. The van der Waals surface area contributed by atoms with Crippen LogP contribution >= 0.6 is 23.5 Å². The number of nitrogens with zero attached hydrogens (tertiary/aromatic N) is 5. The molecule has 3 atom stereocenters. The number of thioether (sulfide) groups is 2. The van der Waals surface area contributed by atoms with Crippen molar-refractivity contribution in [2.45, 2.75) is 22.6 Å². The molecule has 50 heavy (non-hydrogen) atoms. The molecule has 0 spiro atoms. The van der Waals surface area contributed by atoms with Crippen molar-refractivity contribution in [2.24, 2.45) is 7.05 Å². The van der Waals surface area contributed by atoms with Crippen LogP contribution < -0.4 is 20.1 Å². The smallest absolute Gasteiger partial charge is 0.352 e. The lowest BCUT2D eigenvalue weighted by molar-refractivity contribution is -0.151. The van der Waals surface area contributed by atoms with Gasteiger partial charge in [-0.15, -0.1) is 16.9 Å². The van der Waals surface area contributed by atoms with Crippen LogP contribution in [0.4, 0.5) is 0 Å². The number of carboxylic acid groups (broad SMARTS) is 1. The summed E-state index contributed by atoms with van der Waals surface area (Å²) in [4.78, 5) is 66.5. The number of β-lactam (4-membered cyclic amide) rings is 1. The number of ether oxygens (including phenoxy) is 2. The maximum absolute atomic E-state index is 13.7. The van der Waals surface area contributed by atoms with E-state index in [2.05, 4.69) is 26.2 Å². The van der Waals surface area contributed by atoms with E-state index in [-0.39, 0.29) is 22.8 Å². The van der Waals surface area contributed by atoms with Gasteiger partial charge in [0.25, 0.3) is 11.8 Å². The molecule has 3 heterocycles. The van der Waals surface area contributed by atoms with E-state index >= 15 is 0 Å². The highest BCUT2D eigenvalue weighted by molar-refractivity contribution is 8.01. The SMILES string of the molecule is Cn1nnnc1SCC1=C(C(=O)O)N2C(=O)C(NC(=O)[C@@H](NC(=O)COc3ccccc3C(=O)Oc3ccccc3)c3ccccc3)[C@@H]2SC1. The summed E-state index contributed by atoms with van der Waals surface area (Å²) in [5.74, 6) is -2.88. The maximum atomic E-state index is 13.7. The van der Waals surface area contributed by atoms with Gasteiger partial charge in [0.05, 0.1) is 0 Å². The monoisotopic (exact) mass is 715 g/mol. The van der Waals surface area contributed by atoms with Gasteiger partial charge in [-0.25, -0.2) is 14.3 Å². The fraction of sp³-hybridized carbons (Fsp3) is 0.212. The Morgan fingerprint density at radius 2 is 1.72 bits per heavy atom. The molecular weight excluding hydrogens is 687 g/mol. The van der Waals surface area contributed by atoms with Crippen LogP contribution in [-0.4, -0.2) is 89.4 Å². The molecule has 256 valence electrons. The van der Waals surface area contributed by atoms with Gasteiger partial charge in [0.2, 0.25) is 11.1 Å². The van der Waals surface area contributed by atoms with Crippen LogP contribution in [0.5, 0.6) is 11.5 Å². The first-order chi connectivity index (χ1) is 24.2. The van der Waals surface area contributed by atoms with E-state index in [9.17, 15) is 29.1 Å². The number of carbonyl (C=O) groups is 5. The van der Waals surface area contributed by atoms with Crippen molar-refractivity contribution in [1.82, 2.24) is 35.7 Å². The van der Waals surface area contributed by atoms with Gasteiger partial charge in [0, 0.05) is 18.6 Å². The van der Waals surface area contributed by atoms with Crippen molar-refractivity contribution >= 4 is 53.2 Å². The zero-order chi connectivity index (χ0) is 35.2. The van der Waals surface area contributed by atoms with E-state index in [1.807, 2.05) is 0 Å². The number of aliphatic carboxylic acids is 1. The highest BCUT2D eigenvalue weighted by Crippen LogP contribution is 2.41. The molecule has 0 bridgehead atoms. The normalized spacial score (nSPS) is 17.2. The third-order valence-electron chi connectivity index (χ3n) is 7.62. The first kappa shape index (κ1) is 34.2. The number of carboxylic acids is 1. The molecule has 6 rings (SSSR count). The molecule has 2 aliphatic rings. The van der Waals surface area contributed by atoms with Crippen LogP contribution in [0.25, 0.3) is 0 Å². The number of tetrazole rings is 1. The summed E-state index contributed by atoms with van der Waals surface area (Å²) in [6.45, 7) is -0.543. The maximum Gasteiger partial charge on any atom is 0.352 e. The average molecular weight is 716 g/mol. The number of hydrogen-bond acceptors (Lipinski definition) is 12. The number of benzene rings is 3. The average Bonchev–Trinajstić information content (AvgIpc) is 3.55. The van der Waals surface area contributed by atoms with E-state index in [4.69, 9.17) is 9.47 Å². The summed E-state index contributed by atoms with van der Waals surface area (Å²) in [5.41, 5.74) is 0.926. The Labute approximate surface area is 293 Å². The van der Waals surface area contributed by atoms with Crippen molar-refractivity contribution in [3.05, 3.63) is 107 Å². The Morgan fingerprint density at radius 3 is 2.42 bits per heavy atom. The predicted molar refractivity (Wildman–Crippen MR) is 180 cm³/mol. The minimum absolute atomic E-state index is 0.0988. The van der Waals surface area contributed by atoms with Crippen LogP contribution in [0.3, 0.4) is 0 Å². The van der Waals surface area contributed by atoms with Gasteiger partial charge < -0.3 is 25.2 Å². The Bertz CT molecular complexity index is 1960. The molecule has 0 saturated carbocycles. The van der Waals surface area contributed by atoms with Gasteiger partial charge in [-0.1, -0.05) is 72.4 Å². The van der Waals surface area contributed by atoms with E-state index in [0.717, 1.165) is 0 Å². The van der Waals surface area contributed by atoms with Gasteiger partial charge in [-0.3, -0.25) is 19.3 Å². The second-order valence-corrected chi connectivity index (χ2v) is 13.0. The van der Waals surface area contributed by atoms with E-state index in [1.54, 1.807) is 79.8 Å². The van der Waals surface area contributed by atoms with E-state index < -0.39 is 53.7 Å². The van der Waals surface area contributed by atoms with E-state index in [0.29, 0.717) is 27.8 Å². The summed E-state index contributed by atoms with van der Waals surface area (Å²) < 4.78 is 12.6. The molecule has 3 amide bonds. The fourth-order valence-corrected chi connectivity index (χ4v) is 7.56. The molecule has 17 heteroatoms. The third kappa shape index (κ3) is 7.47. The topological polar surface area (TPSA) is 195 Å². The molecule has 2 aliphatic heterocycles. The van der Waals surface area contributed by atoms with Gasteiger partial charge in [-0.2, -0.15) is 0 Å². The Kier molecular flexibility index (Phi) is 10.4. The van der Waals surface area contributed by atoms with Gasteiger partial charge in [0.15, 0.2) is 6.61 Å². The highest BCUT2D eigenvalue weighted by atomic mass is 32.2. The van der Waals surface area contributed by atoms with Gasteiger partial charge in [0.1, 0.15) is 40.2 Å². The van der Waals surface area contributed by atoms with Crippen LogP contribution in [0.1, 0.15) is 22.0 Å². The molecule has 15 nitrogen and oxygen atoms in total. The number of para-hydroxylation sites is 2. The van der Waals surface area contributed by atoms with Crippen LogP contribution in [0.2, 0.25) is 0 Å². The molecule has 3 aromatic carbocycles. The quantitative estimate of drug-likeness (QED) is 0.0790. The van der Waals surface area contributed by atoms with Crippen molar-refractivity contribution in [3.63, 3.8) is 0 Å². The van der Waals surface area contributed by atoms with Crippen LogP contribution in [0.15, 0.2) is 101 Å². The van der Waals surface area contributed by atoms with Crippen molar-refractivity contribution in [2.75, 3.05) is 18.1 Å². The molecule has 0 aliphatic carbocycles. The molecule has 1 fully saturated rings. The lowest BCUT2D eigenvalue weighted by Crippen LogP contribution is -2.71. The first-order valence-corrected chi connectivity index (χ1v) is 17.1. The molecule has 4 aromatic rings. The number of fused-ring (bicyclic) bond motifs is 1. The Balaban J connectivity index is 1.11. The second-order valence-electron chi connectivity index (χ2n) is 10.9. The van der Waals surface area contributed by atoms with E-state index in [1.165, 1.54) is 45.2 Å². The molecule has 1 unspecified atom stereocenters. The Hall–Kier alpha value is -5.68. The number of aryl methyl sites for hydroxylation is 1. The first-order valence-electron chi connectivity index (χ1n) is 15.1. The second kappa shape index (κ2) is 15.3. The number of carbonyl (C=O) groups excluding carboxylic acids is 4. The van der Waals surface area contributed by atoms with Gasteiger partial charge in [-0.05, 0) is 45.8 Å². The summed E-state index contributed by atoms with van der Waals surface area (Å²) in [6.07, 6.45) is 0. The number of rotatable bonds is 13. The lowest BCUT2D eigenvalue weighted by Gasteiger charge is -2.49. The predicted octanol–water partition coefficient (Wildman–Crippen LogP) is 2.20.